The highest BCUT2D eigenvalue weighted by Gasteiger charge is 2.16. The molecule has 144 valence electrons. The van der Waals surface area contributed by atoms with E-state index in [2.05, 4.69) is 10.4 Å². The van der Waals surface area contributed by atoms with Gasteiger partial charge in [0.05, 0.1) is 11.9 Å². The van der Waals surface area contributed by atoms with Gasteiger partial charge >= 0.3 is 0 Å². The molecule has 1 heterocycles. The zero-order chi connectivity index (χ0) is 20.2. The van der Waals surface area contributed by atoms with Crippen molar-refractivity contribution in [3.05, 3.63) is 111 Å². The molecular weight excluding hydrogens is 386 g/mol. The lowest BCUT2D eigenvalue weighted by molar-refractivity contribution is 0.0945. The van der Waals surface area contributed by atoms with Gasteiger partial charge in [0.2, 0.25) is 0 Å². The van der Waals surface area contributed by atoms with Crippen LogP contribution in [0.25, 0.3) is 10.8 Å². The molecule has 0 saturated heterocycles. The summed E-state index contributed by atoms with van der Waals surface area (Å²) in [4.78, 5) is 25.8. The van der Waals surface area contributed by atoms with E-state index in [4.69, 9.17) is 11.6 Å². The maximum Gasteiger partial charge on any atom is 0.274 e. The van der Waals surface area contributed by atoms with Crippen molar-refractivity contribution < 1.29 is 4.79 Å². The molecule has 0 radical (unpaired) electrons. The molecule has 0 spiro atoms. The number of amides is 1. The van der Waals surface area contributed by atoms with Crippen molar-refractivity contribution in [1.29, 1.82) is 0 Å². The summed E-state index contributed by atoms with van der Waals surface area (Å²) in [6.45, 7) is 0.631. The number of aromatic nitrogens is 2. The Kier molecular flexibility index (Phi) is 5.40. The summed E-state index contributed by atoms with van der Waals surface area (Å²) in [5.41, 5.74) is 1.86. The minimum atomic E-state index is -0.335. The highest BCUT2D eigenvalue weighted by molar-refractivity contribution is 6.30. The van der Waals surface area contributed by atoms with Crippen LogP contribution in [0.15, 0.2) is 83.7 Å². The second kappa shape index (κ2) is 8.29. The van der Waals surface area contributed by atoms with Crippen LogP contribution in [0.3, 0.4) is 0 Å². The molecule has 0 aliphatic rings. The molecule has 3 aromatic carbocycles. The summed E-state index contributed by atoms with van der Waals surface area (Å²) < 4.78 is 1.34. The SMILES string of the molecule is O=C(NCc1ccc(Cl)cc1)c1nn(Cc2ccccc2)c(=O)c2ccccc12. The number of halogens is 1. The first-order valence-corrected chi connectivity index (χ1v) is 9.56. The van der Waals surface area contributed by atoms with E-state index >= 15 is 0 Å². The van der Waals surface area contributed by atoms with Crippen LogP contribution < -0.4 is 10.9 Å². The van der Waals surface area contributed by atoms with Gasteiger partial charge in [0, 0.05) is 17.0 Å². The minimum Gasteiger partial charge on any atom is -0.347 e. The first-order chi connectivity index (χ1) is 14.1. The molecule has 6 heteroatoms. The third kappa shape index (κ3) is 4.20. The zero-order valence-electron chi connectivity index (χ0n) is 15.5. The zero-order valence-corrected chi connectivity index (χ0v) is 16.3. The second-order valence-corrected chi connectivity index (χ2v) is 7.09. The first kappa shape index (κ1) is 18.9. The van der Waals surface area contributed by atoms with Gasteiger partial charge in [-0.05, 0) is 29.3 Å². The lowest BCUT2D eigenvalue weighted by atomic mass is 10.1. The Labute approximate surface area is 172 Å². The summed E-state index contributed by atoms with van der Waals surface area (Å²) in [7, 11) is 0. The summed E-state index contributed by atoms with van der Waals surface area (Å²) in [5, 5.41) is 8.92. The van der Waals surface area contributed by atoms with E-state index in [-0.39, 0.29) is 17.2 Å². The Hall–Kier alpha value is -3.44. The normalized spacial score (nSPS) is 10.8. The fraction of sp³-hybridized carbons (Fsp3) is 0.0870. The van der Waals surface area contributed by atoms with Crippen LogP contribution in [-0.2, 0) is 13.1 Å². The van der Waals surface area contributed by atoms with E-state index in [1.807, 2.05) is 42.5 Å². The van der Waals surface area contributed by atoms with Crippen LogP contribution >= 0.6 is 11.6 Å². The van der Waals surface area contributed by atoms with Crippen LogP contribution in [0.1, 0.15) is 21.6 Å². The first-order valence-electron chi connectivity index (χ1n) is 9.18. The van der Waals surface area contributed by atoms with Crippen LogP contribution in [-0.4, -0.2) is 15.7 Å². The minimum absolute atomic E-state index is 0.223. The van der Waals surface area contributed by atoms with Gasteiger partial charge in [-0.2, -0.15) is 5.10 Å². The van der Waals surface area contributed by atoms with E-state index in [1.165, 1.54) is 4.68 Å². The number of carbonyl (C=O) groups excluding carboxylic acids is 1. The van der Waals surface area contributed by atoms with Crippen LogP contribution in [0.4, 0.5) is 0 Å². The molecule has 0 aliphatic carbocycles. The van der Waals surface area contributed by atoms with E-state index in [0.717, 1.165) is 11.1 Å². The lowest BCUT2D eigenvalue weighted by Crippen LogP contribution is -2.30. The topological polar surface area (TPSA) is 64.0 Å². The lowest BCUT2D eigenvalue weighted by Gasteiger charge is -2.11. The largest absolute Gasteiger partial charge is 0.347 e. The maximum absolute atomic E-state index is 12.9. The monoisotopic (exact) mass is 403 g/mol. The average molecular weight is 404 g/mol. The van der Waals surface area contributed by atoms with Crippen molar-refractivity contribution in [2.45, 2.75) is 13.1 Å². The molecule has 4 aromatic rings. The number of nitrogens with one attached hydrogen (secondary N) is 1. The number of rotatable bonds is 5. The summed E-state index contributed by atoms with van der Waals surface area (Å²) >= 11 is 5.90. The van der Waals surface area contributed by atoms with Crippen molar-refractivity contribution >= 4 is 28.3 Å². The quantitative estimate of drug-likeness (QED) is 0.547. The summed E-state index contributed by atoms with van der Waals surface area (Å²) in [6.07, 6.45) is 0. The highest BCUT2D eigenvalue weighted by Crippen LogP contribution is 2.15. The summed E-state index contributed by atoms with van der Waals surface area (Å²) in [6, 6.07) is 23.9. The molecule has 5 nitrogen and oxygen atoms in total. The van der Waals surface area contributed by atoms with Gasteiger partial charge in [0.25, 0.3) is 11.5 Å². The van der Waals surface area contributed by atoms with Gasteiger partial charge in [0.15, 0.2) is 5.69 Å². The molecule has 1 aromatic heterocycles. The molecule has 0 unspecified atom stereocenters. The van der Waals surface area contributed by atoms with E-state index < -0.39 is 0 Å². The molecule has 0 aliphatic heterocycles. The standard InChI is InChI=1S/C23H18ClN3O2/c24-18-12-10-16(11-13-18)14-25-22(28)21-19-8-4-5-9-20(19)23(29)27(26-21)15-17-6-2-1-3-7-17/h1-13H,14-15H2,(H,25,28). The van der Waals surface area contributed by atoms with E-state index in [9.17, 15) is 9.59 Å². The van der Waals surface area contributed by atoms with Crippen LogP contribution in [0.5, 0.6) is 0 Å². The Morgan fingerprint density at radius 1 is 0.862 bits per heavy atom. The van der Waals surface area contributed by atoms with E-state index in [1.54, 1.807) is 36.4 Å². The molecule has 0 saturated carbocycles. The van der Waals surface area contributed by atoms with Gasteiger partial charge < -0.3 is 5.32 Å². The van der Waals surface area contributed by atoms with Crippen LogP contribution in [0, 0.1) is 0 Å². The number of hydrogen-bond acceptors (Lipinski definition) is 3. The molecule has 0 fully saturated rings. The van der Waals surface area contributed by atoms with Crippen molar-refractivity contribution in [1.82, 2.24) is 15.1 Å². The number of carbonyl (C=O) groups is 1. The van der Waals surface area contributed by atoms with Gasteiger partial charge in [-0.3, -0.25) is 9.59 Å². The van der Waals surface area contributed by atoms with E-state index in [0.29, 0.717) is 28.9 Å². The Morgan fingerprint density at radius 3 is 2.24 bits per heavy atom. The Morgan fingerprint density at radius 2 is 1.52 bits per heavy atom. The highest BCUT2D eigenvalue weighted by atomic mass is 35.5. The number of hydrogen-bond donors (Lipinski definition) is 1. The predicted molar refractivity (Wildman–Crippen MR) is 114 cm³/mol. The molecular formula is C23H18ClN3O2. The third-order valence-corrected chi connectivity index (χ3v) is 4.88. The number of fused-ring (bicyclic) bond motifs is 1. The second-order valence-electron chi connectivity index (χ2n) is 6.65. The fourth-order valence-electron chi connectivity index (χ4n) is 3.13. The molecule has 0 bridgehead atoms. The van der Waals surface area contributed by atoms with Gasteiger partial charge in [-0.15, -0.1) is 0 Å². The van der Waals surface area contributed by atoms with Crippen molar-refractivity contribution in [2.24, 2.45) is 0 Å². The summed E-state index contributed by atoms with van der Waals surface area (Å²) in [5.74, 6) is -0.335. The predicted octanol–water partition coefficient (Wildman–Crippen LogP) is 4.03. The average Bonchev–Trinajstić information content (AvgIpc) is 2.76. The number of nitrogens with zero attached hydrogens (tertiary/aromatic N) is 2. The molecule has 1 N–H and O–H groups in total. The fourth-order valence-corrected chi connectivity index (χ4v) is 3.26. The maximum atomic E-state index is 12.9. The molecule has 29 heavy (non-hydrogen) atoms. The molecule has 0 atom stereocenters. The van der Waals surface area contributed by atoms with Gasteiger partial charge in [0.1, 0.15) is 0 Å². The van der Waals surface area contributed by atoms with Gasteiger partial charge in [-0.25, -0.2) is 4.68 Å². The van der Waals surface area contributed by atoms with Gasteiger partial charge in [-0.1, -0.05) is 72.3 Å². The molecule has 1 amide bonds. The van der Waals surface area contributed by atoms with Crippen LogP contribution in [0.2, 0.25) is 5.02 Å². The smallest absolute Gasteiger partial charge is 0.274 e. The van der Waals surface area contributed by atoms with Crippen molar-refractivity contribution in [3.63, 3.8) is 0 Å². The third-order valence-electron chi connectivity index (χ3n) is 4.62. The number of benzene rings is 3. The Balaban J connectivity index is 1.68. The molecule has 4 rings (SSSR count). The Bertz CT molecular complexity index is 1220. The van der Waals surface area contributed by atoms with Crippen molar-refractivity contribution in [2.75, 3.05) is 0 Å². The van der Waals surface area contributed by atoms with Crippen molar-refractivity contribution in [3.8, 4) is 0 Å².